The third kappa shape index (κ3) is 5.98. The average Bonchev–Trinajstić information content (AvgIpc) is 2.72. The Morgan fingerprint density at radius 3 is 2.43 bits per heavy atom. The molecule has 148 valence electrons. The second-order valence-electron chi connectivity index (χ2n) is 6.47. The van der Waals surface area contributed by atoms with Crippen LogP contribution in [0.1, 0.15) is 31.7 Å². The van der Waals surface area contributed by atoms with Crippen LogP contribution in [0.4, 0.5) is 8.78 Å². The Bertz CT molecular complexity index is 793. The molecule has 28 heavy (non-hydrogen) atoms. The third-order valence-corrected chi connectivity index (χ3v) is 4.26. The number of benzene rings is 1. The zero-order valence-corrected chi connectivity index (χ0v) is 15.6. The minimum absolute atomic E-state index is 0.0886. The molecule has 1 aromatic carbocycles. The molecule has 1 fully saturated rings. The first-order valence-electron chi connectivity index (χ1n) is 9.26. The van der Waals surface area contributed by atoms with Crippen LogP contribution in [0.3, 0.4) is 0 Å². The van der Waals surface area contributed by atoms with Crippen molar-refractivity contribution in [1.82, 2.24) is 9.97 Å². The zero-order chi connectivity index (χ0) is 19.8. The van der Waals surface area contributed by atoms with Gasteiger partial charge in [0.15, 0.2) is 5.82 Å². The molecule has 0 aliphatic carbocycles. The number of alkyl halides is 2. The summed E-state index contributed by atoms with van der Waals surface area (Å²) in [6.07, 6.45) is 6.14. The van der Waals surface area contributed by atoms with Crippen molar-refractivity contribution in [2.24, 2.45) is 5.92 Å². The molecule has 5 nitrogen and oxygen atoms in total. The highest BCUT2D eigenvalue weighted by Gasteiger charge is 2.20. The quantitative estimate of drug-likeness (QED) is 0.692. The molecule has 0 spiro atoms. The van der Waals surface area contributed by atoms with Gasteiger partial charge in [-0.05, 0) is 36.6 Å². The van der Waals surface area contributed by atoms with Crippen molar-refractivity contribution in [1.29, 1.82) is 0 Å². The standard InChI is InChI=1S/C21H22F2N2O3/c1-2-3-4-16-13-26-19(27-14-16)10-5-15-11-24-20(25-12-15)17-6-8-18(9-7-17)28-21(22)23/h6-9,11-12,16,19,21H,2-4,13-14H2,1H3. The van der Waals surface area contributed by atoms with E-state index in [9.17, 15) is 8.78 Å². The third-order valence-electron chi connectivity index (χ3n) is 4.26. The van der Waals surface area contributed by atoms with Crippen molar-refractivity contribution < 1.29 is 23.0 Å². The Balaban J connectivity index is 1.55. The van der Waals surface area contributed by atoms with Crippen LogP contribution in [-0.2, 0) is 9.47 Å². The molecule has 1 aromatic heterocycles. The van der Waals surface area contributed by atoms with Crippen LogP contribution in [-0.4, -0.2) is 36.1 Å². The van der Waals surface area contributed by atoms with Crippen LogP contribution in [0.5, 0.6) is 5.75 Å². The lowest BCUT2D eigenvalue weighted by atomic mass is 10.0. The van der Waals surface area contributed by atoms with Gasteiger partial charge in [0.05, 0.1) is 18.8 Å². The lowest BCUT2D eigenvalue weighted by Gasteiger charge is -2.26. The maximum atomic E-state index is 12.2. The highest BCUT2D eigenvalue weighted by molar-refractivity contribution is 5.56. The first kappa shape index (κ1) is 20.2. The molecule has 1 aliphatic rings. The molecule has 0 unspecified atom stereocenters. The fraction of sp³-hybridized carbons (Fsp3) is 0.429. The Kier molecular flexibility index (Phi) is 7.29. The molecular weight excluding hydrogens is 366 g/mol. The predicted molar refractivity (Wildman–Crippen MR) is 99.7 cm³/mol. The molecule has 2 aromatic rings. The van der Waals surface area contributed by atoms with E-state index in [1.807, 2.05) is 0 Å². The van der Waals surface area contributed by atoms with Crippen molar-refractivity contribution in [3.63, 3.8) is 0 Å². The summed E-state index contributed by atoms with van der Waals surface area (Å²) in [6.45, 7) is 0.655. The normalized spacial score (nSPS) is 19.1. The highest BCUT2D eigenvalue weighted by Crippen LogP contribution is 2.20. The van der Waals surface area contributed by atoms with Crippen molar-refractivity contribution >= 4 is 0 Å². The van der Waals surface area contributed by atoms with Gasteiger partial charge in [0.25, 0.3) is 0 Å². The SMILES string of the molecule is CCCCC1COC(C#Cc2cnc(-c3ccc(OC(F)F)cc3)nc2)OC1. The second kappa shape index (κ2) is 10.1. The van der Waals surface area contributed by atoms with Gasteiger partial charge >= 0.3 is 6.61 Å². The molecule has 3 rings (SSSR count). The smallest absolute Gasteiger partial charge is 0.387 e. The van der Waals surface area contributed by atoms with Crippen LogP contribution < -0.4 is 4.74 Å². The summed E-state index contributed by atoms with van der Waals surface area (Å²) in [6, 6.07) is 6.14. The fourth-order valence-electron chi connectivity index (χ4n) is 2.76. The molecule has 1 saturated heterocycles. The second-order valence-corrected chi connectivity index (χ2v) is 6.47. The van der Waals surface area contributed by atoms with Gasteiger partial charge in [0, 0.05) is 23.9 Å². The maximum absolute atomic E-state index is 12.2. The topological polar surface area (TPSA) is 53.5 Å². The first-order chi connectivity index (χ1) is 13.6. The highest BCUT2D eigenvalue weighted by atomic mass is 19.3. The molecule has 0 saturated carbocycles. The van der Waals surface area contributed by atoms with Crippen LogP contribution >= 0.6 is 0 Å². The van der Waals surface area contributed by atoms with Crippen LogP contribution in [0.25, 0.3) is 11.4 Å². The summed E-state index contributed by atoms with van der Waals surface area (Å²) in [7, 11) is 0. The summed E-state index contributed by atoms with van der Waals surface area (Å²) in [5.74, 6) is 6.89. The van der Waals surface area contributed by atoms with E-state index in [2.05, 4.69) is 33.5 Å². The lowest BCUT2D eigenvalue weighted by Crippen LogP contribution is -2.31. The number of halogens is 2. The Labute approximate surface area is 163 Å². The molecular formula is C21H22F2N2O3. The van der Waals surface area contributed by atoms with Gasteiger partial charge in [0.2, 0.25) is 6.29 Å². The predicted octanol–water partition coefficient (Wildman–Crippen LogP) is 4.28. The van der Waals surface area contributed by atoms with E-state index >= 15 is 0 Å². The van der Waals surface area contributed by atoms with Gasteiger partial charge < -0.3 is 14.2 Å². The maximum Gasteiger partial charge on any atom is 0.387 e. The van der Waals surface area contributed by atoms with E-state index in [1.165, 1.54) is 25.0 Å². The molecule has 0 bridgehead atoms. The summed E-state index contributed by atoms with van der Waals surface area (Å²) < 4.78 is 40.0. The van der Waals surface area contributed by atoms with Crippen LogP contribution in [0.2, 0.25) is 0 Å². The van der Waals surface area contributed by atoms with Gasteiger partial charge in [-0.3, -0.25) is 0 Å². The summed E-state index contributed by atoms with van der Waals surface area (Å²) in [5.41, 5.74) is 1.33. The largest absolute Gasteiger partial charge is 0.435 e. The van der Waals surface area contributed by atoms with E-state index in [1.54, 1.807) is 24.5 Å². The molecule has 1 aliphatic heterocycles. The van der Waals surface area contributed by atoms with Crippen molar-refractivity contribution in [3.05, 3.63) is 42.2 Å². The minimum atomic E-state index is -2.85. The number of unbranched alkanes of at least 4 members (excludes halogenated alkanes) is 1. The molecule has 0 N–H and O–H groups in total. The molecule has 0 amide bonds. The molecule has 2 heterocycles. The zero-order valence-electron chi connectivity index (χ0n) is 15.6. The van der Waals surface area contributed by atoms with Crippen LogP contribution in [0, 0.1) is 17.8 Å². The van der Waals surface area contributed by atoms with Gasteiger partial charge in [-0.1, -0.05) is 25.7 Å². The van der Waals surface area contributed by atoms with E-state index in [0.29, 0.717) is 36.1 Å². The van der Waals surface area contributed by atoms with E-state index in [-0.39, 0.29) is 5.75 Å². The first-order valence-corrected chi connectivity index (χ1v) is 9.26. The average molecular weight is 388 g/mol. The van der Waals surface area contributed by atoms with Gasteiger partial charge in [-0.25, -0.2) is 9.97 Å². The summed E-state index contributed by atoms with van der Waals surface area (Å²) in [5, 5.41) is 0. The molecule has 7 heteroatoms. The number of nitrogens with zero attached hydrogens (tertiary/aromatic N) is 2. The van der Waals surface area contributed by atoms with E-state index in [4.69, 9.17) is 9.47 Å². The van der Waals surface area contributed by atoms with Gasteiger partial charge in [0.1, 0.15) is 5.75 Å². The Morgan fingerprint density at radius 2 is 1.82 bits per heavy atom. The fourth-order valence-corrected chi connectivity index (χ4v) is 2.76. The summed E-state index contributed by atoms with van der Waals surface area (Å²) in [4.78, 5) is 8.53. The monoisotopic (exact) mass is 388 g/mol. The molecule has 0 radical (unpaired) electrons. The van der Waals surface area contributed by atoms with Crippen LogP contribution in [0.15, 0.2) is 36.7 Å². The molecule has 0 atom stereocenters. The number of aromatic nitrogens is 2. The summed E-state index contributed by atoms with van der Waals surface area (Å²) >= 11 is 0. The number of hydrogen-bond donors (Lipinski definition) is 0. The van der Waals surface area contributed by atoms with E-state index in [0.717, 1.165) is 6.42 Å². The lowest BCUT2D eigenvalue weighted by molar-refractivity contribution is -0.170. The van der Waals surface area contributed by atoms with Crippen molar-refractivity contribution in [3.8, 4) is 29.0 Å². The minimum Gasteiger partial charge on any atom is -0.435 e. The Hall–Kier alpha value is -2.56. The number of ether oxygens (including phenoxy) is 3. The number of rotatable bonds is 6. The van der Waals surface area contributed by atoms with Crippen molar-refractivity contribution in [2.45, 2.75) is 39.1 Å². The number of hydrogen-bond acceptors (Lipinski definition) is 5. The van der Waals surface area contributed by atoms with Gasteiger partial charge in [-0.15, -0.1) is 0 Å². The van der Waals surface area contributed by atoms with Gasteiger partial charge in [-0.2, -0.15) is 8.78 Å². The van der Waals surface area contributed by atoms with Crippen molar-refractivity contribution in [2.75, 3.05) is 13.2 Å². The Morgan fingerprint density at radius 1 is 1.14 bits per heavy atom. The van der Waals surface area contributed by atoms with E-state index < -0.39 is 12.9 Å².